The molecule has 9 heteroatoms. The number of hydrogen-bond acceptors (Lipinski definition) is 6. The number of anilines is 1. The summed E-state index contributed by atoms with van der Waals surface area (Å²) >= 11 is 0. The smallest absolute Gasteiger partial charge is 0.333 e. The zero-order chi connectivity index (χ0) is 14.7. The van der Waals surface area contributed by atoms with Crippen LogP contribution in [0.4, 0.5) is 11.5 Å². The number of nitro groups is 1. The molecule has 0 aliphatic rings. The fraction of sp³-hybridized carbons (Fsp3) is 0.545. The fourth-order valence-electron chi connectivity index (χ4n) is 1.99. The Morgan fingerprint density at radius 2 is 2.20 bits per heavy atom. The molecule has 9 nitrogen and oxygen atoms in total. The number of nitrogens with zero attached hydrogens (tertiary/aromatic N) is 6. The summed E-state index contributed by atoms with van der Waals surface area (Å²) in [6.07, 6.45) is 2.21. The SMILES string of the molecule is CCn1nc(C)c([N+](=O)[O-])c1NCCc1ncn(C)n1. The predicted octanol–water partition coefficient (Wildman–Crippen LogP) is 0.903. The van der Waals surface area contributed by atoms with E-state index in [0.717, 1.165) is 0 Å². The van der Waals surface area contributed by atoms with E-state index in [-0.39, 0.29) is 5.69 Å². The van der Waals surface area contributed by atoms with Crippen LogP contribution >= 0.6 is 0 Å². The van der Waals surface area contributed by atoms with Gasteiger partial charge in [-0.05, 0) is 13.8 Å². The number of nitrogens with one attached hydrogen (secondary N) is 1. The molecule has 0 saturated heterocycles. The van der Waals surface area contributed by atoms with Gasteiger partial charge in [-0.1, -0.05) is 0 Å². The first-order valence-electron chi connectivity index (χ1n) is 6.33. The van der Waals surface area contributed by atoms with Crippen molar-refractivity contribution in [1.82, 2.24) is 24.5 Å². The van der Waals surface area contributed by atoms with Crippen molar-refractivity contribution in [3.05, 3.63) is 28.0 Å². The van der Waals surface area contributed by atoms with Gasteiger partial charge in [-0.3, -0.25) is 14.8 Å². The minimum absolute atomic E-state index is 0.0285. The van der Waals surface area contributed by atoms with Gasteiger partial charge in [-0.15, -0.1) is 0 Å². The number of aromatic nitrogens is 5. The van der Waals surface area contributed by atoms with Gasteiger partial charge in [-0.25, -0.2) is 9.67 Å². The van der Waals surface area contributed by atoms with Crippen LogP contribution in [0.3, 0.4) is 0 Å². The monoisotopic (exact) mass is 279 g/mol. The lowest BCUT2D eigenvalue weighted by molar-refractivity contribution is -0.384. The lowest BCUT2D eigenvalue weighted by atomic mass is 10.3. The number of aryl methyl sites for hydroxylation is 3. The van der Waals surface area contributed by atoms with Gasteiger partial charge in [0.1, 0.15) is 12.0 Å². The van der Waals surface area contributed by atoms with Crippen molar-refractivity contribution in [1.29, 1.82) is 0 Å². The molecule has 0 atom stereocenters. The zero-order valence-electron chi connectivity index (χ0n) is 11.7. The molecular weight excluding hydrogens is 262 g/mol. The summed E-state index contributed by atoms with van der Waals surface area (Å²) in [5.41, 5.74) is 0.441. The van der Waals surface area contributed by atoms with Gasteiger partial charge in [0.15, 0.2) is 5.82 Å². The van der Waals surface area contributed by atoms with Crippen LogP contribution in [0.15, 0.2) is 6.33 Å². The van der Waals surface area contributed by atoms with E-state index in [9.17, 15) is 10.1 Å². The maximum Gasteiger partial charge on any atom is 0.333 e. The van der Waals surface area contributed by atoms with Crippen LogP contribution in [0, 0.1) is 17.0 Å². The summed E-state index contributed by atoms with van der Waals surface area (Å²) in [5, 5.41) is 22.5. The molecule has 2 aromatic rings. The van der Waals surface area contributed by atoms with Crippen LogP contribution in [-0.2, 0) is 20.0 Å². The Kier molecular flexibility index (Phi) is 3.97. The molecule has 108 valence electrons. The van der Waals surface area contributed by atoms with E-state index in [1.807, 2.05) is 6.92 Å². The van der Waals surface area contributed by atoms with Crippen molar-refractivity contribution in [2.45, 2.75) is 26.8 Å². The minimum Gasteiger partial charge on any atom is -0.364 e. The predicted molar refractivity (Wildman–Crippen MR) is 72.5 cm³/mol. The first-order chi connectivity index (χ1) is 9.52. The summed E-state index contributed by atoms with van der Waals surface area (Å²) in [4.78, 5) is 14.8. The van der Waals surface area contributed by atoms with Crippen molar-refractivity contribution in [3.8, 4) is 0 Å². The van der Waals surface area contributed by atoms with Crippen LogP contribution in [0.5, 0.6) is 0 Å². The maximum atomic E-state index is 11.1. The highest BCUT2D eigenvalue weighted by atomic mass is 16.6. The third kappa shape index (κ3) is 2.76. The van der Waals surface area contributed by atoms with Crippen LogP contribution in [-0.4, -0.2) is 36.0 Å². The molecule has 0 spiro atoms. The van der Waals surface area contributed by atoms with Crippen LogP contribution < -0.4 is 5.32 Å². The fourth-order valence-corrected chi connectivity index (χ4v) is 1.99. The quantitative estimate of drug-likeness (QED) is 0.622. The average molecular weight is 279 g/mol. The Bertz CT molecular complexity index is 616. The molecule has 0 saturated carbocycles. The van der Waals surface area contributed by atoms with Gasteiger partial charge < -0.3 is 5.32 Å². The van der Waals surface area contributed by atoms with Gasteiger partial charge in [0.25, 0.3) is 0 Å². The number of rotatable bonds is 6. The van der Waals surface area contributed by atoms with Crippen molar-refractivity contribution < 1.29 is 4.92 Å². The summed E-state index contributed by atoms with van der Waals surface area (Å²) in [5.74, 6) is 1.13. The summed E-state index contributed by atoms with van der Waals surface area (Å²) in [7, 11) is 1.80. The van der Waals surface area contributed by atoms with Gasteiger partial charge in [-0.2, -0.15) is 10.2 Å². The summed E-state index contributed by atoms with van der Waals surface area (Å²) < 4.78 is 3.22. The lowest BCUT2D eigenvalue weighted by Gasteiger charge is -2.06. The van der Waals surface area contributed by atoms with Gasteiger partial charge in [0.2, 0.25) is 5.82 Å². The largest absolute Gasteiger partial charge is 0.364 e. The van der Waals surface area contributed by atoms with Crippen molar-refractivity contribution in [2.75, 3.05) is 11.9 Å². The molecule has 0 radical (unpaired) electrons. The second-order valence-electron chi connectivity index (χ2n) is 4.37. The van der Waals surface area contributed by atoms with Crippen molar-refractivity contribution in [2.24, 2.45) is 7.05 Å². The standard InChI is InChI=1S/C11H17N7O2/c1-4-17-11(10(18(19)20)8(2)14-17)12-6-5-9-13-7-16(3)15-9/h7,12H,4-6H2,1-3H3. The average Bonchev–Trinajstić information content (AvgIpc) is 2.93. The first kappa shape index (κ1) is 14.0. The summed E-state index contributed by atoms with van der Waals surface area (Å²) in [6, 6.07) is 0. The van der Waals surface area contributed by atoms with Crippen molar-refractivity contribution >= 4 is 11.5 Å². The molecule has 0 amide bonds. The third-order valence-corrected chi connectivity index (χ3v) is 2.87. The Morgan fingerprint density at radius 3 is 2.75 bits per heavy atom. The molecule has 0 aliphatic carbocycles. The Balaban J connectivity index is 2.10. The lowest BCUT2D eigenvalue weighted by Crippen LogP contribution is -2.12. The topological polar surface area (TPSA) is 104 Å². The molecule has 20 heavy (non-hydrogen) atoms. The highest BCUT2D eigenvalue weighted by Crippen LogP contribution is 2.27. The second kappa shape index (κ2) is 5.68. The maximum absolute atomic E-state index is 11.1. The van der Waals surface area contributed by atoms with Crippen LogP contribution in [0.1, 0.15) is 18.4 Å². The minimum atomic E-state index is -0.407. The van der Waals surface area contributed by atoms with E-state index in [2.05, 4.69) is 20.5 Å². The van der Waals surface area contributed by atoms with E-state index in [4.69, 9.17) is 0 Å². The molecule has 0 unspecified atom stereocenters. The van der Waals surface area contributed by atoms with E-state index >= 15 is 0 Å². The van der Waals surface area contributed by atoms with E-state index in [1.54, 1.807) is 29.7 Å². The molecule has 2 heterocycles. The van der Waals surface area contributed by atoms with E-state index in [1.165, 1.54) is 0 Å². The second-order valence-corrected chi connectivity index (χ2v) is 4.37. The van der Waals surface area contributed by atoms with Crippen LogP contribution in [0.2, 0.25) is 0 Å². The Morgan fingerprint density at radius 1 is 1.45 bits per heavy atom. The molecule has 0 fully saturated rings. The summed E-state index contributed by atoms with van der Waals surface area (Å²) in [6.45, 7) is 4.60. The van der Waals surface area contributed by atoms with Gasteiger partial charge in [0.05, 0.1) is 4.92 Å². The van der Waals surface area contributed by atoms with E-state index < -0.39 is 4.92 Å². The molecule has 0 bridgehead atoms. The van der Waals surface area contributed by atoms with Gasteiger partial charge in [0, 0.05) is 26.6 Å². The molecular formula is C11H17N7O2. The molecule has 0 aromatic carbocycles. The third-order valence-electron chi connectivity index (χ3n) is 2.87. The Labute approximate surface area is 115 Å². The molecule has 0 aliphatic heterocycles. The van der Waals surface area contributed by atoms with E-state index in [0.29, 0.717) is 36.8 Å². The van der Waals surface area contributed by atoms with Crippen molar-refractivity contribution in [3.63, 3.8) is 0 Å². The molecule has 2 aromatic heterocycles. The van der Waals surface area contributed by atoms with Crippen LogP contribution in [0.25, 0.3) is 0 Å². The molecule has 1 N–H and O–H groups in total. The van der Waals surface area contributed by atoms with Gasteiger partial charge >= 0.3 is 5.69 Å². The number of hydrogen-bond donors (Lipinski definition) is 1. The Hall–Kier alpha value is -2.45. The highest BCUT2D eigenvalue weighted by molar-refractivity contribution is 5.59. The normalized spacial score (nSPS) is 10.8. The molecule has 2 rings (SSSR count). The highest BCUT2D eigenvalue weighted by Gasteiger charge is 2.24. The zero-order valence-corrected chi connectivity index (χ0v) is 11.7. The first-order valence-corrected chi connectivity index (χ1v) is 6.33.